The minimum atomic E-state index is -0.746. The molecule has 0 saturated carbocycles. The van der Waals surface area contributed by atoms with Crippen LogP contribution in [0.15, 0.2) is 17.8 Å². The normalized spacial score (nSPS) is 18.7. The van der Waals surface area contributed by atoms with E-state index in [-0.39, 0.29) is 11.0 Å². The Morgan fingerprint density at radius 1 is 1.34 bits per heavy atom. The average molecular weight is 404 g/mol. The van der Waals surface area contributed by atoms with Crippen LogP contribution in [-0.2, 0) is 0 Å². The smallest absolute Gasteiger partial charge is 0.251 e. The van der Waals surface area contributed by atoms with Crippen molar-refractivity contribution in [3.8, 4) is 0 Å². The highest BCUT2D eigenvalue weighted by molar-refractivity contribution is 6.04. The highest BCUT2D eigenvalue weighted by Gasteiger charge is 2.37. The number of amides is 1. The van der Waals surface area contributed by atoms with Crippen LogP contribution in [0.25, 0.3) is 16.6 Å². The summed E-state index contributed by atoms with van der Waals surface area (Å²) >= 11 is 0. The molecule has 8 heteroatoms. The minimum Gasteiger partial charge on any atom is -0.402 e. The number of fused-ring (bicyclic) bond motifs is 1. The molecule has 158 valence electrons. The number of aromatic nitrogens is 2. The summed E-state index contributed by atoms with van der Waals surface area (Å²) in [5.74, 6) is -0.747. The van der Waals surface area contributed by atoms with E-state index in [4.69, 9.17) is 11.5 Å². The Bertz CT molecular complexity index is 961. The molecule has 1 aliphatic heterocycles. The summed E-state index contributed by atoms with van der Waals surface area (Å²) in [5, 5.41) is 10.1. The summed E-state index contributed by atoms with van der Waals surface area (Å²) < 4.78 is 13.9. The van der Waals surface area contributed by atoms with E-state index in [1.807, 2.05) is 6.92 Å². The van der Waals surface area contributed by atoms with Crippen LogP contribution in [0, 0.1) is 11.2 Å². The zero-order valence-corrected chi connectivity index (χ0v) is 17.5. The average Bonchev–Trinajstić information content (AvgIpc) is 2.97. The molecule has 3 rings (SSSR count). The lowest BCUT2D eigenvalue weighted by Crippen LogP contribution is -2.45. The van der Waals surface area contributed by atoms with Crippen molar-refractivity contribution in [3.63, 3.8) is 0 Å². The van der Waals surface area contributed by atoms with Gasteiger partial charge in [0.2, 0.25) is 0 Å². The number of carbonyl (C=O) groups excluding carboxylic acids is 1. The van der Waals surface area contributed by atoms with E-state index < -0.39 is 17.3 Å². The third kappa shape index (κ3) is 4.43. The molecule has 2 aromatic rings. The Morgan fingerprint density at radius 3 is 2.48 bits per heavy atom. The van der Waals surface area contributed by atoms with Gasteiger partial charge < -0.3 is 26.5 Å². The van der Waals surface area contributed by atoms with Gasteiger partial charge in [-0.3, -0.25) is 4.79 Å². The number of β-amino-alcohol motifs (C(OH)–C–C–N with tert-alkyl or cyclic N) is 1. The number of hydrogen-bond acceptors (Lipinski definition) is 5. The summed E-state index contributed by atoms with van der Waals surface area (Å²) in [7, 11) is 0. The van der Waals surface area contributed by atoms with E-state index in [0.717, 1.165) is 37.6 Å². The van der Waals surface area contributed by atoms with Gasteiger partial charge >= 0.3 is 0 Å². The van der Waals surface area contributed by atoms with Crippen LogP contribution >= 0.6 is 0 Å². The number of H-pyrrole nitrogens is 1. The van der Waals surface area contributed by atoms with E-state index in [0.29, 0.717) is 29.1 Å². The van der Waals surface area contributed by atoms with E-state index in [9.17, 15) is 14.3 Å². The number of halogens is 1. The third-order valence-electron chi connectivity index (χ3n) is 5.62. The Labute approximate surface area is 170 Å². The summed E-state index contributed by atoms with van der Waals surface area (Å²) in [6, 6.07) is 2.40. The maximum absolute atomic E-state index is 13.9. The molecule has 1 saturated heterocycles. The van der Waals surface area contributed by atoms with Gasteiger partial charge in [-0.05, 0) is 58.8 Å². The second kappa shape index (κ2) is 7.42. The van der Waals surface area contributed by atoms with Gasteiger partial charge in [0.05, 0.1) is 16.7 Å². The van der Waals surface area contributed by atoms with Gasteiger partial charge in [-0.15, -0.1) is 0 Å². The van der Waals surface area contributed by atoms with Gasteiger partial charge in [0.25, 0.3) is 5.91 Å². The van der Waals surface area contributed by atoms with Crippen molar-refractivity contribution in [1.29, 1.82) is 0 Å². The molecule has 29 heavy (non-hydrogen) atoms. The fourth-order valence-corrected chi connectivity index (χ4v) is 4.34. The molecule has 2 heterocycles. The number of nitrogens with zero attached hydrogens (tertiary/aromatic N) is 2. The molecule has 6 N–H and O–H groups in total. The molecule has 1 aromatic heterocycles. The number of piperidine rings is 1. The molecule has 0 atom stereocenters. The third-order valence-corrected chi connectivity index (χ3v) is 5.62. The molecule has 0 bridgehead atoms. The van der Waals surface area contributed by atoms with Crippen LogP contribution in [0.2, 0.25) is 0 Å². The lowest BCUT2D eigenvalue weighted by Gasteiger charge is -2.42. The van der Waals surface area contributed by atoms with Crippen LogP contribution in [0.5, 0.6) is 0 Å². The number of aromatic amines is 1. The van der Waals surface area contributed by atoms with Gasteiger partial charge in [0, 0.05) is 23.2 Å². The number of primary amides is 1. The number of imidazole rings is 1. The molecule has 7 nitrogen and oxygen atoms in total. The van der Waals surface area contributed by atoms with Crippen molar-refractivity contribution in [1.82, 2.24) is 14.9 Å². The van der Waals surface area contributed by atoms with Crippen LogP contribution in [0.1, 0.15) is 56.7 Å². The molecule has 0 spiro atoms. The van der Waals surface area contributed by atoms with E-state index in [1.165, 1.54) is 6.07 Å². The second-order valence-corrected chi connectivity index (χ2v) is 9.01. The number of allylic oxidation sites excluding steroid dienone is 2. The number of aliphatic hydroxyl groups is 1. The Hall–Kier alpha value is -2.45. The first-order valence-electron chi connectivity index (χ1n) is 9.81. The molecule has 0 radical (unpaired) electrons. The van der Waals surface area contributed by atoms with Gasteiger partial charge in [-0.1, -0.05) is 6.92 Å². The fourth-order valence-electron chi connectivity index (χ4n) is 4.34. The number of carbonyl (C=O) groups is 1. The minimum absolute atomic E-state index is 0.0432. The van der Waals surface area contributed by atoms with E-state index >= 15 is 0 Å². The van der Waals surface area contributed by atoms with Crippen molar-refractivity contribution < 1.29 is 14.3 Å². The molecule has 0 aliphatic carbocycles. The van der Waals surface area contributed by atoms with Crippen LogP contribution < -0.4 is 11.5 Å². The first kappa shape index (κ1) is 21.3. The molecule has 1 fully saturated rings. The SMILES string of the molecule is CC(N)=C(c1nc2c(C(N)=O)cc(F)cc2[nH]1)C1(C)CCN(CC(C)(C)O)CC1. The topological polar surface area (TPSA) is 121 Å². The van der Waals surface area contributed by atoms with Crippen LogP contribution in [-0.4, -0.2) is 51.1 Å². The van der Waals surface area contributed by atoms with Crippen molar-refractivity contribution in [2.75, 3.05) is 19.6 Å². The molecule has 0 unspecified atom stereocenters. The maximum atomic E-state index is 13.9. The van der Waals surface area contributed by atoms with Crippen molar-refractivity contribution >= 4 is 22.5 Å². The highest BCUT2D eigenvalue weighted by atomic mass is 19.1. The number of benzene rings is 1. The van der Waals surface area contributed by atoms with Crippen molar-refractivity contribution in [2.45, 2.75) is 46.1 Å². The Morgan fingerprint density at radius 2 is 1.97 bits per heavy atom. The lowest BCUT2D eigenvalue weighted by molar-refractivity contribution is 0.0201. The first-order chi connectivity index (χ1) is 13.4. The quantitative estimate of drug-likeness (QED) is 0.611. The largest absolute Gasteiger partial charge is 0.402 e. The molecule has 1 amide bonds. The molecular formula is C21H30FN5O2. The summed E-state index contributed by atoms with van der Waals surface area (Å²) in [4.78, 5) is 21.7. The van der Waals surface area contributed by atoms with Gasteiger partial charge in [-0.25, -0.2) is 9.37 Å². The second-order valence-electron chi connectivity index (χ2n) is 9.01. The Balaban J connectivity index is 1.97. The first-order valence-corrected chi connectivity index (χ1v) is 9.81. The number of rotatable bonds is 5. The fraction of sp³-hybridized carbons (Fsp3) is 0.524. The molecular weight excluding hydrogens is 373 g/mol. The number of likely N-dealkylation sites (tertiary alicyclic amines) is 1. The van der Waals surface area contributed by atoms with E-state index in [1.54, 1.807) is 13.8 Å². The predicted molar refractivity (Wildman–Crippen MR) is 111 cm³/mol. The zero-order valence-electron chi connectivity index (χ0n) is 17.5. The van der Waals surface area contributed by atoms with Crippen molar-refractivity contribution in [2.24, 2.45) is 16.9 Å². The van der Waals surface area contributed by atoms with E-state index in [2.05, 4.69) is 21.8 Å². The maximum Gasteiger partial charge on any atom is 0.251 e. The summed E-state index contributed by atoms with van der Waals surface area (Å²) in [6.45, 7) is 9.82. The Kier molecular flexibility index (Phi) is 5.44. The lowest BCUT2D eigenvalue weighted by atomic mass is 9.72. The van der Waals surface area contributed by atoms with Crippen LogP contribution in [0.3, 0.4) is 0 Å². The standard InChI is InChI=1S/C21H30FN5O2/c1-12(23)16(21(4)5-7-27(8-6-21)11-20(2,3)29)19-25-15-10-13(22)9-14(18(24)28)17(15)26-19/h9-10,29H,5-8,11,23H2,1-4H3,(H2,24,28)(H,25,26). The zero-order chi connectivity index (χ0) is 21.6. The van der Waals surface area contributed by atoms with Gasteiger partial charge in [0.15, 0.2) is 0 Å². The monoisotopic (exact) mass is 403 g/mol. The molecule has 1 aliphatic rings. The van der Waals surface area contributed by atoms with Gasteiger partial charge in [-0.2, -0.15) is 0 Å². The highest BCUT2D eigenvalue weighted by Crippen LogP contribution is 2.44. The number of hydrogen-bond donors (Lipinski definition) is 4. The summed E-state index contributed by atoms with van der Waals surface area (Å²) in [6.07, 6.45) is 1.67. The number of nitrogens with two attached hydrogens (primary N) is 2. The van der Waals surface area contributed by atoms with Gasteiger partial charge in [0.1, 0.15) is 17.2 Å². The van der Waals surface area contributed by atoms with Crippen LogP contribution in [0.4, 0.5) is 4.39 Å². The van der Waals surface area contributed by atoms with Crippen molar-refractivity contribution in [3.05, 3.63) is 35.0 Å². The molecule has 1 aromatic carbocycles. The predicted octanol–water partition coefficient (Wildman–Crippen LogP) is 2.36. The number of nitrogens with one attached hydrogen (secondary N) is 1. The summed E-state index contributed by atoms with van der Waals surface area (Å²) in [5.41, 5.74) is 13.0.